The van der Waals surface area contributed by atoms with Crippen LogP contribution in [0.3, 0.4) is 0 Å². The molecule has 1 nitrogen and oxygen atoms in total. The molecule has 140 valence electrons. The van der Waals surface area contributed by atoms with Crippen LogP contribution in [0.5, 0.6) is 0 Å². The molecule has 0 radical (unpaired) electrons. The molecule has 3 heteroatoms. The monoisotopic (exact) mass is 358 g/mol. The summed E-state index contributed by atoms with van der Waals surface area (Å²) in [5.74, 6) is 0.894. The summed E-state index contributed by atoms with van der Waals surface area (Å²) < 4.78 is 33.9. The quantitative estimate of drug-likeness (QED) is 0.426. The summed E-state index contributed by atoms with van der Waals surface area (Å²) >= 11 is 0. The zero-order valence-corrected chi connectivity index (χ0v) is 15.4. The minimum atomic E-state index is -0.728. The van der Waals surface area contributed by atoms with Crippen LogP contribution in [0.4, 0.5) is 8.78 Å². The fraction of sp³-hybridized carbons (Fsp3) is 0.565. The normalized spacial score (nSPS) is 31.4. The van der Waals surface area contributed by atoms with Crippen molar-refractivity contribution in [3.05, 3.63) is 53.6 Å². The van der Waals surface area contributed by atoms with Gasteiger partial charge in [-0.2, -0.15) is 0 Å². The highest BCUT2D eigenvalue weighted by molar-refractivity contribution is 5.67. The molecule has 1 aromatic rings. The van der Waals surface area contributed by atoms with Gasteiger partial charge in [0.2, 0.25) is 0 Å². The van der Waals surface area contributed by atoms with E-state index in [1.165, 1.54) is 25.7 Å². The molecule has 3 aliphatic rings. The van der Waals surface area contributed by atoms with Crippen LogP contribution in [-0.2, 0) is 4.74 Å². The number of halogens is 2. The summed E-state index contributed by atoms with van der Waals surface area (Å²) in [6.07, 6.45) is 13.3. The lowest BCUT2D eigenvalue weighted by Crippen LogP contribution is -2.23. The fourth-order valence-corrected chi connectivity index (χ4v) is 4.95. The number of epoxide rings is 1. The van der Waals surface area contributed by atoms with Gasteiger partial charge >= 0.3 is 0 Å². The van der Waals surface area contributed by atoms with E-state index in [1.807, 2.05) is 0 Å². The molecule has 2 unspecified atom stereocenters. The lowest BCUT2D eigenvalue weighted by Gasteiger charge is -2.35. The van der Waals surface area contributed by atoms with Crippen LogP contribution in [0.2, 0.25) is 0 Å². The Hall–Kier alpha value is -1.48. The molecule has 1 aliphatic heterocycles. The predicted molar refractivity (Wildman–Crippen MR) is 101 cm³/mol. The van der Waals surface area contributed by atoms with Gasteiger partial charge in [0.25, 0.3) is 0 Å². The van der Waals surface area contributed by atoms with Crippen molar-refractivity contribution < 1.29 is 13.5 Å². The van der Waals surface area contributed by atoms with Gasteiger partial charge in [0.05, 0.1) is 6.61 Å². The fourth-order valence-electron chi connectivity index (χ4n) is 4.95. The second-order valence-corrected chi connectivity index (χ2v) is 8.22. The number of hydrogen-bond donors (Lipinski definition) is 0. The van der Waals surface area contributed by atoms with Gasteiger partial charge in [-0.1, -0.05) is 24.3 Å². The van der Waals surface area contributed by atoms with Crippen molar-refractivity contribution in [1.82, 2.24) is 0 Å². The van der Waals surface area contributed by atoms with E-state index in [4.69, 9.17) is 4.74 Å². The van der Waals surface area contributed by atoms with Crippen molar-refractivity contribution in [2.24, 2.45) is 17.8 Å². The molecule has 0 bridgehead atoms. The third-order valence-corrected chi connectivity index (χ3v) is 6.65. The van der Waals surface area contributed by atoms with Crippen LogP contribution < -0.4 is 0 Å². The summed E-state index contributed by atoms with van der Waals surface area (Å²) in [4.78, 5) is 0. The number of benzene rings is 1. The predicted octanol–water partition coefficient (Wildman–Crippen LogP) is 6.60. The van der Waals surface area contributed by atoms with E-state index in [0.717, 1.165) is 43.1 Å². The molecule has 26 heavy (non-hydrogen) atoms. The minimum Gasteiger partial charge on any atom is -0.368 e. The Labute approximate surface area is 155 Å². The molecule has 0 N–H and O–H groups in total. The Bertz CT molecular complexity index is 696. The molecule has 1 saturated carbocycles. The Kier molecular flexibility index (Phi) is 5.26. The van der Waals surface area contributed by atoms with Crippen molar-refractivity contribution in [1.29, 1.82) is 0 Å². The summed E-state index contributed by atoms with van der Waals surface area (Å²) in [6.45, 7) is 4.36. The Morgan fingerprint density at radius 3 is 2.42 bits per heavy atom. The first-order valence-electron chi connectivity index (χ1n) is 10.1. The molecule has 4 rings (SSSR count). The van der Waals surface area contributed by atoms with E-state index in [9.17, 15) is 8.78 Å². The van der Waals surface area contributed by atoms with Crippen LogP contribution in [0.25, 0.3) is 5.57 Å². The van der Waals surface area contributed by atoms with Crippen LogP contribution in [-0.4, -0.2) is 6.61 Å². The third kappa shape index (κ3) is 3.64. The first kappa shape index (κ1) is 17.9. The highest BCUT2D eigenvalue weighted by Crippen LogP contribution is 2.43. The maximum absolute atomic E-state index is 14.5. The minimum absolute atomic E-state index is 0.250. The average molecular weight is 358 g/mol. The third-order valence-electron chi connectivity index (χ3n) is 6.65. The van der Waals surface area contributed by atoms with Crippen LogP contribution in [0.15, 0.2) is 30.9 Å². The SMILES string of the molecule is C=CCC1CCC(C2CC=C(c3ccc(C4CO4)c(F)c3F)CC2)CC1. The van der Waals surface area contributed by atoms with Gasteiger partial charge in [0.1, 0.15) is 6.10 Å². The van der Waals surface area contributed by atoms with Crippen molar-refractivity contribution in [2.45, 2.75) is 57.5 Å². The zero-order chi connectivity index (χ0) is 18.1. The van der Waals surface area contributed by atoms with E-state index in [1.54, 1.807) is 12.1 Å². The Morgan fingerprint density at radius 1 is 1.04 bits per heavy atom. The smallest absolute Gasteiger partial charge is 0.166 e. The lowest BCUT2D eigenvalue weighted by atomic mass is 9.70. The summed E-state index contributed by atoms with van der Waals surface area (Å²) in [6, 6.07) is 3.43. The van der Waals surface area contributed by atoms with E-state index < -0.39 is 11.6 Å². The van der Waals surface area contributed by atoms with E-state index >= 15 is 0 Å². The first-order chi connectivity index (χ1) is 12.7. The van der Waals surface area contributed by atoms with Gasteiger partial charge < -0.3 is 4.74 Å². The van der Waals surface area contributed by atoms with Crippen molar-refractivity contribution in [3.63, 3.8) is 0 Å². The maximum Gasteiger partial charge on any atom is 0.166 e. The number of ether oxygens (including phenoxy) is 1. The molecule has 0 amide bonds. The number of allylic oxidation sites excluding steroid dienone is 3. The van der Waals surface area contributed by atoms with Gasteiger partial charge in [0, 0.05) is 11.1 Å². The van der Waals surface area contributed by atoms with Crippen molar-refractivity contribution >= 4 is 5.57 Å². The molecular weight excluding hydrogens is 330 g/mol. The van der Waals surface area contributed by atoms with Gasteiger partial charge in [-0.15, -0.1) is 6.58 Å². The number of rotatable bonds is 5. The van der Waals surface area contributed by atoms with Crippen LogP contribution >= 0.6 is 0 Å². The topological polar surface area (TPSA) is 12.5 Å². The second kappa shape index (κ2) is 7.64. The maximum atomic E-state index is 14.5. The van der Waals surface area contributed by atoms with Gasteiger partial charge in [-0.3, -0.25) is 0 Å². The zero-order valence-electron chi connectivity index (χ0n) is 15.4. The molecule has 2 fully saturated rings. The first-order valence-corrected chi connectivity index (χ1v) is 10.1. The lowest BCUT2D eigenvalue weighted by molar-refractivity contribution is 0.195. The summed E-state index contributed by atoms with van der Waals surface area (Å²) in [7, 11) is 0. The van der Waals surface area contributed by atoms with Crippen molar-refractivity contribution in [2.75, 3.05) is 6.61 Å². The second-order valence-electron chi connectivity index (χ2n) is 8.22. The molecule has 1 heterocycles. The largest absolute Gasteiger partial charge is 0.368 e. The molecule has 2 atom stereocenters. The molecule has 0 aromatic heterocycles. The standard InChI is InChI=1S/C23H28F2O/c1-2-3-15-4-6-16(7-5-15)17-8-10-18(11-9-17)19-12-13-20(21-14-26-21)23(25)22(19)24/h2,10,12-13,15-17,21H,1,3-9,11,14H2. The molecular formula is C23H28F2O. The Balaban J connectivity index is 1.40. The van der Waals surface area contributed by atoms with E-state index in [0.29, 0.717) is 23.7 Å². The molecule has 1 saturated heterocycles. The van der Waals surface area contributed by atoms with Gasteiger partial charge in [-0.25, -0.2) is 8.78 Å². The van der Waals surface area contributed by atoms with Crippen LogP contribution in [0, 0.1) is 29.4 Å². The summed E-state index contributed by atoms with van der Waals surface area (Å²) in [5, 5.41) is 0. The van der Waals surface area contributed by atoms with Crippen LogP contribution in [0.1, 0.15) is 68.6 Å². The van der Waals surface area contributed by atoms with Gasteiger partial charge in [-0.05, 0) is 74.7 Å². The van der Waals surface area contributed by atoms with Crippen molar-refractivity contribution in [3.8, 4) is 0 Å². The Morgan fingerprint density at radius 2 is 1.81 bits per heavy atom. The highest BCUT2D eigenvalue weighted by atomic mass is 19.2. The summed E-state index contributed by atoms with van der Waals surface area (Å²) in [5.41, 5.74) is 1.78. The van der Waals surface area contributed by atoms with E-state index in [2.05, 4.69) is 18.7 Å². The van der Waals surface area contributed by atoms with Gasteiger partial charge in [0.15, 0.2) is 11.6 Å². The highest BCUT2D eigenvalue weighted by Gasteiger charge is 2.32. The molecule has 2 aliphatic carbocycles. The molecule has 1 aromatic carbocycles. The molecule has 0 spiro atoms. The van der Waals surface area contributed by atoms with E-state index in [-0.39, 0.29) is 6.10 Å². The number of hydrogen-bond acceptors (Lipinski definition) is 1. The average Bonchev–Trinajstić information content (AvgIpc) is 3.50.